The van der Waals surface area contributed by atoms with Crippen molar-refractivity contribution in [2.75, 3.05) is 39.4 Å². The van der Waals surface area contributed by atoms with Crippen LogP contribution in [0.5, 0.6) is 0 Å². The van der Waals surface area contributed by atoms with E-state index in [0.717, 1.165) is 51.5 Å². The predicted molar refractivity (Wildman–Crippen MR) is 95.5 cm³/mol. The van der Waals surface area contributed by atoms with E-state index in [1.165, 1.54) is 0 Å². The summed E-state index contributed by atoms with van der Waals surface area (Å²) < 4.78 is 32.4. The highest BCUT2D eigenvalue weighted by Crippen LogP contribution is 2.32. The number of halogens is 2. The molecule has 1 aromatic rings. The zero-order valence-corrected chi connectivity index (χ0v) is 15.4. The van der Waals surface area contributed by atoms with Gasteiger partial charge in [-0.25, -0.2) is 8.78 Å². The third kappa shape index (κ3) is 4.60. The molecule has 0 bridgehead atoms. The number of benzene rings is 1. The SMILES string of the molecule is CCOCC(=O)N1CCC(C2CCN(Cc3cccc(F)c3F)CC2)C1. The largest absolute Gasteiger partial charge is 0.372 e. The van der Waals surface area contributed by atoms with Crippen molar-refractivity contribution in [2.45, 2.75) is 32.7 Å². The number of amides is 1. The number of rotatable bonds is 6. The number of likely N-dealkylation sites (tertiary alicyclic amines) is 2. The van der Waals surface area contributed by atoms with Crippen LogP contribution in [0.15, 0.2) is 18.2 Å². The first kappa shape index (κ1) is 19.2. The molecular formula is C20H28F2N2O2. The lowest BCUT2D eigenvalue weighted by Crippen LogP contribution is -2.37. The van der Waals surface area contributed by atoms with Crippen LogP contribution in [0.1, 0.15) is 31.7 Å². The zero-order valence-electron chi connectivity index (χ0n) is 15.4. The molecule has 0 N–H and O–H groups in total. The first-order valence-electron chi connectivity index (χ1n) is 9.59. The Bertz CT molecular complexity index is 618. The number of nitrogens with zero attached hydrogens (tertiary/aromatic N) is 2. The van der Waals surface area contributed by atoms with E-state index in [4.69, 9.17) is 4.74 Å². The van der Waals surface area contributed by atoms with Gasteiger partial charge in [0.2, 0.25) is 5.91 Å². The molecule has 6 heteroatoms. The first-order chi connectivity index (χ1) is 12.6. The summed E-state index contributed by atoms with van der Waals surface area (Å²) in [5.41, 5.74) is 0.428. The standard InChI is InChI=1S/C20H28F2N2O2/c1-2-26-14-19(25)24-11-8-16(13-24)15-6-9-23(10-7-15)12-17-4-3-5-18(21)20(17)22/h3-5,15-16H,2,6-14H2,1H3. The molecule has 0 aromatic heterocycles. The monoisotopic (exact) mass is 366 g/mol. The molecule has 1 unspecified atom stereocenters. The zero-order chi connectivity index (χ0) is 18.5. The van der Waals surface area contributed by atoms with E-state index in [1.807, 2.05) is 11.8 Å². The molecule has 0 saturated carbocycles. The van der Waals surface area contributed by atoms with Gasteiger partial charge in [-0.1, -0.05) is 12.1 Å². The molecule has 144 valence electrons. The van der Waals surface area contributed by atoms with Crippen LogP contribution < -0.4 is 0 Å². The van der Waals surface area contributed by atoms with Crippen LogP contribution in [0.4, 0.5) is 8.78 Å². The summed E-state index contributed by atoms with van der Waals surface area (Å²) in [5, 5.41) is 0. The highest BCUT2D eigenvalue weighted by molar-refractivity contribution is 5.77. The van der Waals surface area contributed by atoms with Crippen LogP contribution in [0.3, 0.4) is 0 Å². The summed E-state index contributed by atoms with van der Waals surface area (Å²) in [6.45, 7) is 6.53. The Hall–Kier alpha value is -1.53. The molecule has 2 heterocycles. The molecule has 2 aliphatic rings. The Morgan fingerprint density at radius 3 is 2.62 bits per heavy atom. The molecule has 2 aliphatic heterocycles. The van der Waals surface area contributed by atoms with Crippen molar-refractivity contribution in [3.05, 3.63) is 35.4 Å². The normalized spacial score (nSPS) is 22.1. The summed E-state index contributed by atoms with van der Waals surface area (Å²) in [7, 11) is 0. The highest BCUT2D eigenvalue weighted by Gasteiger charge is 2.33. The molecule has 4 nitrogen and oxygen atoms in total. The predicted octanol–water partition coefficient (Wildman–Crippen LogP) is 3.06. The van der Waals surface area contributed by atoms with Crippen LogP contribution >= 0.6 is 0 Å². The molecule has 2 fully saturated rings. The maximum Gasteiger partial charge on any atom is 0.248 e. The fourth-order valence-electron chi connectivity index (χ4n) is 4.17. The summed E-state index contributed by atoms with van der Waals surface area (Å²) in [6, 6.07) is 4.37. The van der Waals surface area contributed by atoms with Crippen molar-refractivity contribution in [3.8, 4) is 0 Å². The molecule has 0 spiro atoms. The summed E-state index contributed by atoms with van der Waals surface area (Å²) in [4.78, 5) is 16.2. The van der Waals surface area contributed by atoms with Crippen molar-refractivity contribution in [1.82, 2.24) is 9.80 Å². The Balaban J connectivity index is 1.45. The second-order valence-electron chi connectivity index (χ2n) is 7.35. The first-order valence-corrected chi connectivity index (χ1v) is 9.59. The number of carbonyl (C=O) groups excluding carboxylic acids is 1. The third-order valence-corrected chi connectivity index (χ3v) is 5.73. The lowest BCUT2D eigenvalue weighted by atomic mass is 9.83. The molecule has 3 rings (SSSR count). The van der Waals surface area contributed by atoms with Gasteiger partial charge in [-0.05, 0) is 57.2 Å². The van der Waals surface area contributed by atoms with Gasteiger partial charge in [0.05, 0.1) is 0 Å². The van der Waals surface area contributed by atoms with E-state index in [-0.39, 0.29) is 12.5 Å². The van der Waals surface area contributed by atoms with Gasteiger partial charge in [0, 0.05) is 31.8 Å². The van der Waals surface area contributed by atoms with Crippen LogP contribution in [0, 0.1) is 23.5 Å². The van der Waals surface area contributed by atoms with E-state index < -0.39 is 11.6 Å². The molecule has 1 atom stereocenters. The molecule has 26 heavy (non-hydrogen) atoms. The molecule has 2 saturated heterocycles. The van der Waals surface area contributed by atoms with Crippen LogP contribution in [-0.2, 0) is 16.1 Å². The lowest BCUT2D eigenvalue weighted by Gasteiger charge is -2.35. The van der Waals surface area contributed by atoms with Gasteiger partial charge >= 0.3 is 0 Å². The fourth-order valence-corrected chi connectivity index (χ4v) is 4.17. The Morgan fingerprint density at radius 1 is 1.15 bits per heavy atom. The summed E-state index contributed by atoms with van der Waals surface area (Å²) >= 11 is 0. The maximum atomic E-state index is 13.8. The van der Waals surface area contributed by atoms with Crippen molar-refractivity contribution >= 4 is 5.91 Å². The second kappa shape index (κ2) is 8.91. The Morgan fingerprint density at radius 2 is 1.88 bits per heavy atom. The van der Waals surface area contributed by atoms with Gasteiger partial charge in [0.1, 0.15) is 6.61 Å². The number of carbonyl (C=O) groups is 1. The van der Waals surface area contributed by atoms with E-state index >= 15 is 0 Å². The van der Waals surface area contributed by atoms with Crippen LogP contribution in [0.25, 0.3) is 0 Å². The molecular weight excluding hydrogens is 338 g/mol. The number of ether oxygens (including phenoxy) is 1. The average Bonchev–Trinajstić information content (AvgIpc) is 3.14. The Kier molecular flexibility index (Phi) is 6.59. The number of piperidine rings is 1. The molecule has 0 radical (unpaired) electrons. The van der Waals surface area contributed by atoms with Gasteiger partial charge in [0.25, 0.3) is 0 Å². The molecule has 0 aliphatic carbocycles. The minimum absolute atomic E-state index is 0.0911. The quantitative estimate of drug-likeness (QED) is 0.776. The third-order valence-electron chi connectivity index (χ3n) is 5.73. The van der Waals surface area contributed by atoms with Gasteiger partial charge in [-0.15, -0.1) is 0 Å². The molecule has 1 amide bonds. The lowest BCUT2D eigenvalue weighted by molar-refractivity contribution is -0.135. The van der Waals surface area contributed by atoms with Gasteiger partial charge < -0.3 is 9.64 Å². The van der Waals surface area contributed by atoms with E-state index in [1.54, 1.807) is 12.1 Å². The van der Waals surface area contributed by atoms with Gasteiger partial charge in [0.15, 0.2) is 11.6 Å². The topological polar surface area (TPSA) is 32.8 Å². The molecule has 1 aromatic carbocycles. The maximum absolute atomic E-state index is 13.8. The summed E-state index contributed by atoms with van der Waals surface area (Å²) in [6.07, 6.45) is 3.16. The smallest absolute Gasteiger partial charge is 0.248 e. The minimum atomic E-state index is -0.778. The summed E-state index contributed by atoms with van der Waals surface area (Å²) in [5.74, 6) is -0.260. The fraction of sp³-hybridized carbons (Fsp3) is 0.650. The van der Waals surface area contributed by atoms with E-state index in [2.05, 4.69) is 4.90 Å². The number of hydrogen-bond donors (Lipinski definition) is 0. The van der Waals surface area contributed by atoms with Crippen molar-refractivity contribution < 1.29 is 18.3 Å². The van der Waals surface area contributed by atoms with Crippen molar-refractivity contribution in [3.63, 3.8) is 0 Å². The van der Waals surface area contributed by atoms with Crippen LogP contribution in [0.2, 0.25) is 0 Å². The minimum Gasteiger partial charge on any atom is -0.372 e. The van der Waals surface area contributed by atoms with E-state index in [0.29, 0.717) is 30.6 Å². The van der Waals surface area contributed by atoms with Gasteiger partial charge in [-0.3, -0.25) is 9.69 Å². The second-order valence-corrected chi connectivity index (χ2v) is 7.35. The average molecular weight is 366 g/mol. The Labute approximate surface area is 154 Å². The van der Waals surface area contributed by atoms with Gasteiger partial charge in [-0.2, -0.15) is 0 Å². The van der Waals surface area contributed by atoms with Crippen molar-refractivity contribution in [1.29, 1.82) is 0 Å². The van der Waals surface area contributed by atoms with E-state index in [9.17, 15) is 13.6 Å². The van der Waals surface area contributed by atoms with Crippen LogP contribution in [-0.4, -0.2) is 55.1 Å². The highest BCUT2D eigenvalue weighted by atomic mass is 19.2. The van der Waals surface area contributed by atoms with Crippen molar-refractivity contribution in [2.24, 2.45) is 11.8 Å². The number of hydrogen-bond acceptors (Lipinski definition) is 3.